The molecular formula is C10H10N4. The van der Waals surface area contributed by atoms with E-state index in [0.29, 0.717) is 5.95 Å². The highest BCUT2D eigenvalue weighted by atomic mass is 15.1. The first-order valence-electron chi connectivity index (χ1n) is 4.32. The van der Waals surface area contributed by atoms with Crippen molar-refractivity contribution in [3.63, 3.8) is 0 Å². The van der Waals surface area contributed by atoms with Crippen molar-refractivity contribution in [1.29, 1.82) is 0 Å². The van der Waals surface area contributed by atoms with Crippen molar-refractivity contribution in [1.82, 2.24) is 15.0 Å². The van der Waals surface area contributed by atoms with Gasteiger partial charge in [-0.2, -0.15) is 0 Å². The SMILES string of the molecule is Cc1cccc(Nc2ncccn2)n1. The number of aryl methyl sites for hydroxylation is 1. The van der Waals surface area contributed by atoms with Crippen LogP contribution in [0.2, 0.25) is 0 Å². The topological polar surface area (TPSA) is 50.7 Å². The zero-order valence-electron chi connectivity index (χ0n) is 7.81. The third-order valence-corrected chi connectivity index (χ3v) is 1.69. The van der Waals surface area contributed by atoms with Gasteiger partial charge in [0.25, 0.3) is 0 Å². The molecule has 0 saturated carbocycles. The summed E-state index contributed by atoms with van der Waals surface area (Å²) >= 11 is 0. The van der Waals surface area contributed by atoms with Crippen LogP contribution < -0.4 is 5.32 Å². The molecule has 4 nitrogen and oxygen atoms in total. The summed E-state index contributed by atoms with van der Waals surface area (Å²) in [5.41, 5.74) is 0.964. The second kappa shape index (κ2) is 3.83. The van der Waals surface area contributed by atoms with Gasteiger partial charge in [0, 0.05) is 18.1 Å². The molecule has 0 aliphatic carbocycles. The molecule has 14 heavy (non-hydrogen) atoms. The average molecular weight is 186 g/mol. The van der Waals surface area contributed by atoms with Gasteiger partial charge in [0.2, 0.25) is 5.95 Å². The third-order valence-electron chi connectivity index (χ3n) is 1.69. The second-order valence-electron chi connectivity index (χ2n) is 2.86. The first-order chi connectivity index (χ1) is 6.84. The fourth-order valence-electron chi connectivity index (χ4n) is 1.09. The Kier molecular flexibility index (Phi) is 2.36. The Labute approximate surface area is 82.1 Å². The van der Waals surface area contributed by atoms with Gasteiger partial charge in [0.15, 0.2) is 0 Å². The molecule has 1 N–H and O–H groups in total. The van der Waals surface area contributed by atoms with E-state index < -0.39 is 0 Å². The summed E-state index contributed by atoms with van der Waals surface area (Å²) in [4.78, 5) is 12.4. The molecule has 2 rings (SSSR count). The Morgan fingerprint density at radius 1 is 1.07 bits per heavy atom. The van der Waals surface area contributed by atoms with Crippen molar-refractivity contribution in [2.45, 2.75) is 6.92 Å². The summed E-state index contributed by atoms with van der Waals surface area (Å²) in [6, 6.07) is 7.53. The predicted octanol–water partition coefficient (Wildman–Crippen LogP) is 1.92. The number of nitrogens with zero attached hydrogens (tertiary/aromatic N) is 3. The molecule has 0 atom stereocenters. The monoisotopic (exact) mass is 186 g/mol. The smallest absolute Gasteiger partial charge is 0.228 e. The highest BCUT2D eigenvalue weighted by Gasteiger charge is 1.96. The minimum Gasteiger partial charge on any atom is -0.309 e. The van der Waals surface area contributed by atoms with E-state index in [1.807, 2.05) is 25.1 Å². The summed E-state index contributed by atoms with van der Waals surface area (Å²) in [6.07, 6.45) is 3.37. The standard InChI is InChI=1S/C10H10N4/c1-8-4-2-5-9(13-8)14-10-11-6-3-7-12-10/h2-7H,1H3,(H,11,12,13,14). The van der Waals surface area contributed by atoms with E-state index >= 15 is 0 Å². The first-order valence-corrected chi connectivity index (χ1v) is 4.32. The van der Waals surface area contributed by atoms with Gasteiger partial charge in [0.05, 0.1) is 0 Å². The number of nitrogens with one attached hydrogen (secondary N) is 1. The maximum Gasteiger partial charge on any atom is 0.228 e. The van der Waals surface area contributed by atoms with E-state index in [1.54, 1.807) is 18.5 Å². The summed E-state index contributed by atoms with van der Waals surface area (Å²) in [5, 5.41) is 3.01. The van der Waals surface area contributed by atoms with Gasteiger partial charge in [-0.15, -0.1) is 0 Å². The quantitative estimate of drug-likeness (QED) is 0.778. The average Bonchev–Trinajstić information content (AvgIpc) is 2.19. The van der Waals surface area contributed by atoms with Crippen LogP contribution in [-0.2, 0) is 0 Å². The van der Waals surface area contributed by atoms with E-state index in [4.69, 9.17) is 0 Å². The van der Waals surface area contributed by atoms with Crippen LogP contribution in [0.25, 0.3) is 0 Å². The van der Waals surface area contributed by atoms with Crippen LogP contribution in [0.4, 0.5) is 11.8 Å². The maximum atomic E-state index is 4.28. The lowest BCUT2D eigenvalue weighted by molar-refractivity contribution is 1.13. The van der Waals surface area contributed by atoms with Crippen LogP contribution >= 0.6 is 0 Å². The molecule has 0 unspecified atom stereocenters. The summed E-state index contributed by atoms with van der Waals surface area (Å²) in [7, 11) is 0. The number of hydrogen-bond donors (Lipinski definition) is 1. The maximum absolute atomic E-state index is 4.28. The van der Waals surface area contributed by atoms with Gasteiger partial charge in [-0.25, -0.2) is 15.0 Å². The molecule has 0 saturated heterocycles. The molecule has 0 bridgehead atoms. The molecule has 0 aromatic carbocycles. The zero-order valence-corrected chi connectivity index (χ0v) is 7.81. The molecule has 70 valence electrons. The van der Waals surface area contributed by atoms with Gasteiger partial charge < -0.3 is 5.32 Å². The van der Waals surface area contributed by atoms with Gasteiger partial charge in [-0.05, 0) is 25.1 Å². The van der Waals surface area contributed by atoms with Crippen LogP contribution in [0, 0.1) is 6.92 Å². The van der Waals surface area contributed by atoms with Gasteiger partial charge in [-0.3, -0.25) is 0 Å². The number of pyridine rings is 1. The number of aromatic nitrogens is 3. The van der Waals surface area contributed by atoms with Crippen LogP contribution in [0.1, 0.15) is 5.69 Å². The number of anilines is 2. The Bertz CT molecular complexity index is 413. The lowest BCUT2D eigenvalue weighted by Crippen LogP contribution is -1.98. The Morgan fingerprint density at radius 3 is 2.57 bits per heavy atom. The van der Waals surface area contributed by atoms with Crippen LogP contribution in [-0.4, -0.2) is 15.0 Å². The molecule has 0 aliphatic heterocycles. The largest absolute Gasteiger partial charge is 0.309 e. The molecule has 0 spiro atoms. The number of rotatable bonds is 2. The van der Waals surface area contributed by atoms with Crippen molar-refractivity contribution >= 4 is 11.8 Å². The minimum atomic E-state index is 0.561. The Morgan fingerprint density at radius 2 is 1.86 bits per heavy atom. The molecule has 0 amide bonds. The van der Waals surface area contributed by atoms with Crippen molar-refractivity contribution in [2.75, 3.05) is 5.32 Å². The minimum absolute atomic E-state index is 0.561. The molecular weight excluding hydrogens is 176 g/mol. The molecule has 2 heterocycles. The first kappa shape index (κ1) is 8.62. The molecule has 0 aliphatic rings. The summed E-state index contributed by atoms with van der Waals surface area (Å²) in [5.74, 6) is 1.32. The van der Waals surface area contributed by atoms with E-state index in [-0.39, 0.29) is 0 Å². The highest BCUT2D eigenvalue weighted by Crippen LogP contribution is 2.08. The number of hydrogen-bond acceptors (Lipinski definition) is 4. The van der Waals surface area contributed by atoms with Gasteiger partial charge >= 0.3 is 0 Å². The van der Waals surface area contributed by atoms with Crippen molar-refractivity contribution in [2.24, 2.45) is 0 Å². The third kappa shape index (κ3) is 2.04. The van der Waals surface area contributed by atoms with Crippen LogP contribution in [0.3, 0.4) is 0 Å². The molecule has 2 aromatic rings. The molecule has 0 radical (unpaired) electrons. The van der Waals surface area contributed by atoms with E-state index in [2.05, 4.69) is 20.3 Å². The summed E-state index contributed by atoms with van der Waals surface area (Å²) in [6.45, 7) is 1.94. The molecule has 2 aromatic heterocycles. The normalized spacial score (nSPS) is 9.79. The van der Waals surface area contributed by atoms with E-state index in [1.165, 1.54) is 0 Å². The van der Waals surface area contributed by atoms with Crippen molar-refractivity contribution in [3.05, 3.63) is 42.4 Å². The van der Waals surface area contributed by atoms with Crippen LogP contribution in [0.5, 0.6) is 0 Å². The molecule has 0 fully saturated rings. The van der Waals surface area contributed by atoms with E-state index in [9.17, 15) is 0 Å². The highest BCUT2D eigenvalue weighted by molar-refractivity contribution is 5.46. The van der Waals surface area contributed by atoms with Crippen molar-refractivity contribution in [3.8, 4) is 0 Å². The lowest BCUT2D eigenvalue weighted by atomic mass is 10.4. The molecule has 4 heteroatoms. The predicted molar refractivity (Wildman–Crippen MR) is 54.3 cm³/mol. The Balaban J connectivity index is 2.19. The Hall–Kier alpha value is -1.97. The fourth-order valence-corrected chi connectivity index (χ4v) is 1.09. The second-order valence-corrected chi connectivity index (χ2v) is 2.86. The van der Waals surface area contributed by atoms with Gasteiger partial charge in [0.1, 0.15) is 5.82 Å². The van der Waals surface area contributed by atoms with Crippen molar-refractivity contribution < 1.29 is 0 Å². The van der Waals surface area contributed by atoms with E-state index in [0.717, 1.165) is 11.5 Å². The van der Waals surface area contributed by atoms with Crippen LogP contribution in [0.15, 0.2) is 36.7 Å². The fraction of sp³-hybridized carbons (Fsp3) is 0.100. The lowest BCUT2D eigenvalue weighted by Gasteiger charge is -2.02. The zero-order chi connectivity index (χ0) is 9.80. The summed E-state index contributed by atoms with van der Waals surface area (Å²) < 4.78 is 0. The van der Waals surface area contributed by atoms with Gasteiger partial charge in [-0.1, -0.05) is 6.07 Å².